The van der Waals surface area contributed by atoms with Crippen molar-refractivity contribution in [3.05, 3.63) is 76.9 Å². The maximum atomic E-state index is 12.2. The summed E-state index contributed by atoms with van der Waals surface area (Å²) in [4.78, 5) is 12.2. The number of carbonyl (C=O) groups is 1. The Bertz CT molecular complexity index is 678. The van der Waals surface area contributed by atoms with Crippen LogP contribution in [-0.2, 0) is 11.3 Å². The van der Waals surface area contributed by atoms with Gasteiger partial charge in [0.15, 0.2) is 0 Å². The minimum atomic E-state index is -0.0472. The topological polar surface area (TPSA) is 38.3 Å². The second kappa shape index (κ2) is 5.21. The van der Waals surface area contributed by atoms with Crippen molar-refractivity contribution in [1.29, 1.82) is 0 Å². The van der Waals surface area contributed by atoms with Gasteiger partial charge in [-0.15, -0.1) is 0 Å². The van der Waals surface area contributed by atoms with Crippen LogP contribution in [-0.4, -0.2) is 13.0 Å². The Labute approximate surface area is 118 Å². The summed E-state index contributed by atoms with van der Waals surface area (Å²) in [6.07, 6.45) is 9.77. The monoisotopic (exact) mass is 265 g/mol. The molecule has 20 heavy (non-hydrogen) atoms. The van der Waals surface area contributed by atoms with Crippen molar-refractivity contribution >= 4 is 5.91 Å². The van der Waals surface area contributed by atoms with Crippen molar-refractivity contribution in [2.45, 2.75) is 6.54 Å². The molecule has 3 heteroatoms. The van der Waals surface area contributed by atoms with Crippen LogP contribution in [0.4, 0.5) is 0 Å². The van der Waals surface area contributed by atoms with Gasteiger partial charge in [-0.1, -0.05) is 36.4 Å². The molecule has 3 nitrogen and oxygen atoms in total. The highest BCUT2D eigenvalue weighted by Gasteiger charge is 2.21. The van der Waals surface area contributed by atoms with E-state index >= 15 is 0 Å². The highest BCUT2D eigenvalue weighted by atomic mass is 16.5. The summed E-state index contributed by atoms with van der Waals surface area (Å²) in [6.45, 7) is 0.489. The first-order valence-electron chi connectivity index (χ1n) is 6.50. The zero-order chi connectivity index (χ0) is 13.9. The lowest BCUT2D eigenvalue weighted by Gasteiger charge is -2.09. The molecule has 0 radical (unpaired) electrons. The van der Waals surface area contributed by atoms with Crippen LogP contribution in [0.3, 0.4) is 0 Å². The van der Waals surface area contributed by atoms with Crippen LogP contribution >= 0.6 is 0 Å². The van der Waals surface area contributed by atoms with E-state index < -0.39 is 0 Å². The lowest BCUT2D eigenvalue weighted by molar-refractivity contribution is -0.117. The van der Waals surface area contributed by atoms with Gasteiger partial charge in [0.2, 0.25) is 0 Å². The summed E-state index contributed by atoms with van der Waals surface area (Å²) in [7, 11) is 1.63. The van der Waals surface area contributed by atoms with Gasteiger partial charge in [0.25, 0.3) is 5.91 Å². The van der Waals surface area contributed by atoms with Gasteiger partial charge in [-0.25, -0.2) is 0 Å². The number of hydrogen-bond donors (Lipinski definition) is 1. The first-order valence-corrected chi connectivity index (χ1v) is 6.50. The van der Waals surface area contributed by atoms with Crippen LogP contribution in [0, 0.1) is 0 Å². The largest absolute Gasteiger partial charge is 0.497 e. The van der Waals surface area contributed by atoms with Crippen molar-refractivity contribution in [3.63, 3.8) is 0 Å². The van der Waals surface area contributed by atoms with E-state index in [9.17, 15) is 4.79 Å². The summed E-state index contributed by atoms with van der Waals surface area (Å²) < 4.78 is 5.17. The number of benzene rings is 1. The van der Waals surface area contributed by atoms with E-state index in [0.29, 0.717) is 6.54 Å². The first-order chi connectivity index (χ1) is 9.78. The van der Waals surface area contributed by atoms with Crippen LogP contribution in [0.15, 0.2) is 71.4 Å². The normalized spacial score (nSPS) is 15.3. The summed E-state index contributed by atoms with van der Waals surface area (Å²) in [6, 6.07) is 7.68. The van der Waals surface area contributed by atoms with E-state index in [1.807, 2.05) is 54.6 Å². The van der Waals surface area contributed by atoms with Crippen LogP contribution in [0.2, 0.25) is 0 Å². The van der Waals surface area contributed by atoms with Gasteiger partial charge >= 0.3 is 0 Å². The Kier molecular flexibility index (Phi) is 3.25. The van der Waals surface area contributed by atoms with E-state index in [0.717, 1.165) is 28.0 Å². The molecule has 3 rings (SSSR count). The Balaban J connectivity index is 1.63. The number of amides is 1. The summed E-state index contributed by atoms with van der Waals surface area (Å²) in [5.74, 6) is 0.748. The van der Waals surface area contributed by atoms with Gasteiger partial charge in [0, 0.05) is 12.1 Å². The average molecular weight is 265 g/mol. The van der Waals surface area contributed by atoms with E-state index in [1.165, 1.54) is 0 Å². The Morgan fingerprint density at radius 2 is 2.15 bits per heavy atom. The molecule has 0 aliphatic heterocycles. The molecular formula is C17H15NO2. The molecule has 1 amide bonds. The smallest absolute Gasteiger partial charge is 0.252 e. The van der Waals surface area contributed by atoms with Crippen molar-refractivity contribution in [2.24, 2.45) is 0 Å². The second-order valence-electron chi connectivity index (χ2n) is 4.68. The van der Waals surface area contributed by atoms with Crippen LogP contribution < -0.4 is 10.1 Å². The van der Waals surface area contributed by atoms with Gasteiger partial charge in [-0.05, 0) is 34.9 Å². The predicted octanol–water partition coefficient (Wildman–Crippen LogP) is 2.67. The van der Waals surface area contributed by atoms with Crippen molar-refractivity contribution in [1.82, 2.24) is 5.32 Å². The molecule has 1 aromatic carbocycles. The maximum absolute atomic E-state index is 12.2. The molecule has 0 fully saturated rings. The molecule has 0 saturated heterocycles. The maximum Gasteiger partial charge on any atom is 0.252 e. The molecular weight excluding hydrogens is 250 g/mol. The predicted molar refractivity (Wildman–Crippen MR) is 78.2 cm³/mol. The number of allylic oxidation sites excluding steroid dienone is 6. The molecule has 0 unspecified atom stereocenters. The van der Waals surface area contributed by atoms with Crippen molar-refractivity contribution in [2.75, 3.05) is 7.11 Å². The number of rotatable bonds is 4. The quantitative estimate of drug-likeness (QED) is 0.909. The first kappa shape index (κ1) is 12.5. The fourth-order valence-electron chi connectivity index (χ4n) is 2.35. The van der Waals surface area contributed by atoms with Crippen LogP contribution in [0.5, 0.6) is 5.75 Å². The third-order valence-electron chi connectivity index (χ3n) is 3.40. The summed E-state index contributed by atoms with van der Waals surface area (Å²) in [5, 5.41) is 2.94. The summed E-state index contributed by atoms with van der Waals surface area (Å²) >= 11 is 0. The Morgan fingerprint density at radius 1 is 1.25 bits per heavy atom. The highest BCUT2D eigenvalue weighted by Crippen LogP contribution is 2.30. The molecule has 2 aliphatic rings. The molecule has 0 saturated carbocycles. The van der Waals surface area contributed by atoms with E-state index in [1.54, 1.807) is 7.11 Å². The van der Waals surface area contributed by atoms with Crippen LogP contribution in [0.1, 0.15) is 5.56 Å². The number of hydrogen-bond acceptors (Lipinski definition) is 2. The van der Waals surface area contributed by atoms with Gasteiger partial charge in [0.05, 0.1) is 7.11 Å². The zero-order valence-corrected chi connectivity index (χ0v) is 11.2. The lowest BCUT2D eigenvalue weighted by atomic mass is 10.1. The number of fused-ring (bicyclic) bond motifs is 1. The Hall–Kier alpha value is -2.55. The van der Waals surface area contributed by atoms with Crippen LogP contribution in [0.25, 0.3) is 0 Å². The van der Waals surface area contributed by atoms with Crippen molar-refractivity contribution < 1.29 is 9.53 Å². The fourth-order valence-corrected chi connectivity index (χ4v) is 2.35. The van der Waals surface area contributed by atoms with Gasteiger partial charge in [-0.2, -0.15) is 0 Å². The summed E-state index contributed by atoms with van der Waals surface area (Å²) in [5.41, 5.74) is 3.86. The molecule has 0 heterocycles. The molecule has 0 atom stereocenters. The number of ether oxygens (including phenoxy) is 1. The zero-order valence-electron chi connectivity index (χ0n) is 11.2. The highest BCUT2D eigenvalue weighted by molar-refractivity contribution is 6.01. The van der Waals surface area contributed by atoms with Crippen molar-refractivity contribution in [3.8, 4) is 5.75 Å². The number of carbonyl (C=O) groups excluding carboxylic acids is 1. The number of nitrogens with one attached hydrogen (secondary N) is 1. The molecule has 2 aliphatic carbocycles. The molecule has 100 valence electrons. The third kappa shape index (κ3) is 2.30. The van der Waals surface area contributed by atoms with E-state index in [4.69, 9.17) is 4.74 Å². The second-order valence-corrected chi connectivity index (χ2v) is 4.68. The molecule has 0 bridgehead atoms. The SMILES string of the molecule is COc1cccc(CNC(=O)C2=CC=C3C=CC=C32)c1. The third-order valence-corrected chi connectivity index (χ3v) is 3.40. The molecule has 0 spiro atoms. The minimum absolute atomic E-state index is 0.0472. The molecule has 0 aromatic heterocycles. The minimum Gasteiger partial charge on any atom is -0.497 e. The van der Waals surface area contributed by atoms with Gasteiger partial charge < -0.3 is 10.1 Å². The van der Waals surface area contributed by atoms with Gasteiger partial charge in [0.1, 0.15) is 5.75 Å². The fraction of sp³-hybridized carbons (Fsp3) is 0.118. The van der Waals surface area contributed by atoms with E-state index in [-0.39, 0.29) is 5.91 Å². The lowest BCUT2D eigenvalue weighted by Crippen LogP contribution is -2.24. The van der Waals surface area contributed by atoms with Gasteiger partial charge in [-0.3, -0.25) is 4.79 Å². The average Bonchev–Trinajstić information content (AvgIpc) is 3.07. The Morgan fingerprint density at radius 3 is 3.00 bits per heavy atom. The number of methoxy groups -OCH3 is 1. The molecule has 1 N–H and O–H groups in total. The molecule has 1 aromatic rings. The van der Waals surface area contributed by atoms with E-state index in [2.05, 4.69) is 5.32 Å². The standard InChI is InChI=1S/C17H15NO2/c1-20-14-6-2-4-12(10-14)11-18-17(19)16-9-8-13-5-3-7-15(13)16/h2-10H,11H2,1H3,(H,18,19).